The van der Waals surface area contributed by atoms with Crippen molar-refractivity contribution in [2.45, 2.75) is 59.7 Å². The summed E-state index contributed by atoms with van der Waals surface area (Å²) in [5.74, 6) is 0. The molecule has 0 radical (unpaired) electrons. The third-order valence-electron chi connectivity index (χ3n) is 3.34. The average molecular weight is 326 g/mol. The summed E-state index contributed by atoms with van der Waals surface area (Å²) in [7, 11) is 0. The van der Waals surface area contributed by atoms with E-state index in [-0.39, 0.29) is 12.7 Å². The molecule has 0 saturated heterocycles. The lowest BCUT2D eigenvalue weighted by Gasteiger charge is -2.19. The second-order valence-corrected chi connectivity index (χ2v) is 6.56. The van der Waals surface area contributed by atoms with Crippen LogP contribution in [0.3, 0.4) is 0 Å². The summed E-state index contributed by atoms with van der Waals surface area (Å²) in [5, 5.41) is 19.5. The van der Waals surface area contributed by atoms with E-state index in [2.05, 4.69) is 15.7 Å². The van der Waals surface area contributed by atoms with E-state index in [9.17, 15) is 4.79 Å². The Morgan fingerprint density at radius 3 is 2.61 bits per heavy atom. The van der Waals surface area contributed by atoms with E-state index in [0.29, 0.717) is 13.1 Å². The fourth-order valence-electron chi connectivity index (χ4n) is 2.23. The summed E-state index contributed by atoms with van der Waals surface area (Å²) < 4.78 is 7.00. The van der Waals surface area contributed by atoms with Crippen molar-refractivity contribution in [2.75, 3.05) is 19.7 Å². The van der Waals surface area contributed by atoms with E-state index in [4.69, 9.17) is 9.84 Å². The number of amides is 1. The van der Waals surface area contributed by atoms with Crippen LogP contribution in [0.1, 0.15) is 44.1 Å². The van der Waals surface area contributed by atoms with Crippen LogP contribution < -0.4 is 10.6 Å². The molecule has 0 saturated carbocycles. The zero-order valence-corrected chi connectivity index (χ0v) is 14.9. The molecule has 1 aromatic rings. The molecule has 1 amide bonds. The van der Waals surface area contributed by atoms with Crippen LogP contribution in [-0.2, 0) is 17.8 Å². The van der Waals surface area contributed by atoms with Gasteiger partial charge >= 0.3 is 6.09 Å². The molecule has 0 aliphatic rings. The largest absolute Gasteiger partial charge is 0.444 e. The highest BCUT2D eigenvalue weighted by Gasteiger charge is 2.15. The topological polar surface area (TPSA) is 88.4 Å². The zero-order valence-electron chi connectivity index (χ0n) is 14.9. The first-order valence-electron chi connectivity index (χ1n) is 8.06. The number of hydrogen-bond donors (Lipinski definition) is 3. The van der Waals surface area contributed by atoms with E-state index in [1.54, 1.807) is 0 Å². The number of carbonyl (C=O) groups is 1. The van der Waals surface area contributed by atoms with Gasteiger partial charge in [0.25, 0.3) is 0 Å². The molecular weight excluding hydrogens is 296 g/mol. The lowest BCUT2D eigenvalue weighted by atomic mass is 10.2. The molecule has 0 unspecified atom stereocenters. The molecule has 0 aromatic carbocycles. The number of ether oxygens (including phenoxy) is 1. The molecule has 3 N–H and O–H groups in total. The van der Waals surface area contributed by atoms with Crippen LogP contribution in [0.25, 0.3) is 0 Å². The number of carbonyl (C=O) groups excluding carboxylic acids is 1. The average Bonchev–Trinajstić information content (AvgIpc) is 2.68. The van der Waals surface area contributed by atoms with E-state index in [1.165, 1.54) is 5.56 Å². The van der Waals surface area contributed by atoms with Crippen molar-refractivity contribution in [3.8, 4) is 0 Å². The summed E-state index contributed by atoms with van der Waals surface area (Å²) in [4.78, 5) is 11.5. The highest BCUT2D eigenvalue weighted by molar-refractivity contribution is 5.67. The Morgan fingerprint density at radius 1 is 1.30 bits per heavy atom. The molecule has 0 aliphatic carbocycles. The number of aromatic nitrogens is 2. The van der Waals surface area contributed by atoms with Crippen molar-refractivity contribution in [1.29, 1.82) is 0 Å². The minimum Gasteiger partial charge on any atom is -0.444 e. The minimum absolute atomic E-state index is 0.0885. The molecule has 1 aromatic heterocycles. The maximum atomic E-state index is 11.5. The molecule has 0 aliphatic heterocycles. The Hall–Kier alpha value is -1.60. The van der Waals surface area contributed by atoms with Crippen molar-refractivity contribution in [1.82, 2.24) is 20.4 Å². The van der Waals surface area contributed by atoms with Gasteiger partial charge in [-0.1, -0.05) is 0 Å². The van der Waals surface area contributed by atoms with Gasteiger partial charge < -0.3 is 20.5 Å². The molecule has 7 nitrogen and oxygen atoms in total. The van der Waals surface area contributed by atoms with Gasteiger partial charge in [-0.05, 0) is 47.6 Å². The summed E-state index contributed by atoms with van der Waals surface area (Å²) in [6.45, 7) is 12.2. The van der Waals surface area contributed by atoms with Gasteiger partial charge in [-0.15, -0.1) is 0 Å². The lowest BCUT2D eigenvalue weighted by Crippen LogP contribution is -2.33. The third kappa shape index (κ3) is 7.00. The van der Waals surface area contributed by atoms with Crippen LogP contribution in [0, 0.1) is 13.8 Å². The Bertz CT molecular complexity index is 506. The summed E-state index contributed by atoms with van der Waals surface area (Å²) in [6.07, 6.45) is 0.441. The Morgan fingerprint density at radius 2 is 2.00 bits per heavy atom. The second-order valence-electron chi connectivity index (χ2n) is 6.56. The number of alkyl carbamates (subject to hydrolysis) is 1. The van der Waals surface area contributed by atoms with Gasteiger partial charge in [0.1, 0.15) is 5.60 Å². The molecule has 0 spiro atoms. The lowest BCUT2D eigenvalue weighted by molar-refractivity contribution is 0.0527. The molecule has 1 heterocycles. The SMILES string of the molecule is Cc1nn(CCO)c(C)c1CNCCCNC(=O)OC(C)(C)C. The number of aliphatic hydroxyl groups is 1. The summed E-state index contributed by atoms with van der Waals surface area (Å²) >= 11 is 0. The number of nitrogens with zero attached hydrogens (tertiary/aromatic N) is 2. The van der Waals surface area contributed by atoms with Crippen LogP contribution in [0.15, 0.2) is 0 Å². The van der Waals surface area contributed by atoms with Crippen molar-refractivity contribution < 1.29 is 14.6 Å². The Labute approximate surface area is 138 Å². The number of aryl methyl sites for hydroxylation is 1. The van der Waals surface area contributed by atoms with Gasteiger partial charge in [-0.25, -0.2) is 4.79 Å². The van der Waals surface area contributed by atoms with Gasteiger partial charge in [0.15, 0.2) is 0 Å². The van der Waals surface area contributed by atoms with Crippen LogP contribution in [-0.4, -0.2) is 46.3 Å². The standard InChI is InChI=1S/C16H30N4O3/c1-12-14(13(2)20(19-12)9-10-21)11-17-7-6-8-18-15(22)23-16(3,4)5/h17,21H,6-11H2,1-5H3,(H,18,22). The monoisotopic (exact) mass is 326 g/mol. The van der Waals surface area contributed by atoms with Crippen molar-refractivity contribution in [3.63, 3.8) is 0 Å². The minimum atomic E-state index is -0.466. The van der Waals surface area contributed by atoms with Gasteiger partial charge in [0.05, 0.1) is 18.8 Å². The smallest absolute Gasteiger partial charge is 0.407 e. The quantitative estimate of drug-likeness (QED) is 0.630. The first-order valence-corrected chi connectivity index (χ1v) is 8.06. The van der Waals surface area contributed by atoms with E-state index in [0.717, 1.165) is 30.9 Å². The van der Waals surface area contributed by atoms with Crippen LogP contribution in [0.5, 0.6) is 0 Å². The van der Waals surface area contributed by atoms with Crippen molar-refractivity contribution in [2.24, 2.45) is 0 Å². The first-order chi connectivity index (χ1) is 10.7. The predicted octanol–water partition coefficient (Wildman–Crippen LogP) is 1.50. The van der Waals surface area contributed by atoms with Gasteiger partial charge in [-0.3, -0.25) is 4.68 Å². The molecule has 0 fully saturated rings. The van der Waals surface area contributed by atoms with Crippen molar-refractivity contribution in [3.05, 3.63) is 17.0 Å². The fraction of sp³-hybridized carbons (Fsp3) is 0.750. The van der Waals surface area contributed by atoms with Gasteiger partial charge in [-0.2, -0.15) is 5.10 Å². The molecular formula is C16H30N4O3. The third-order valence-corrected chi connectivity index (χ3v) is 3.34. The van der Waals surface area contributed by atoms with Crippen LogP contribution in [0.2, 0.25) is 0 Å². The van der Waals surface area contributed by atoms with E-state index in [1.807, 2.05) is 39.3 Å². The number of rotatable bonds is 8. The summed E-state index contributed by atoms with van der Waals surface area (Å²) in [5.41, 5.74) is 2.76. The van der Waals surface area contributed by atoms with Gasteiger partial charge in [0, 0.05) is 24.3 Å². The zero-order chi connectivity index (χ0) is 17.5. The first kappa shape index (κ1) is 19.4. The van der Waals surface area contributed by atoms with E-state index < -0.39 is 5.60 Å². The van der Waals surface area contributed by atoms with Crippen LogP contribution >= 0.6 is 0 Å². The molecule has 0 atom stereocenters. The van der Waals surface area contributed by atoms with Gasteiger partial charge in [0.2, 0.25) is 0 Å². The number of aliphatic hydroxyl groups excluding tert-OH is 1. The maximum absolute atomic E-state index is 11.5. The highest BCUT2D eigenvalue weighted by Crippen LogP contribution is 2.12. The summed E-state index contributed by atoms with van der Waals surface area (Å²) in [6, 6.07) is 0. The number of nitrogens with one attached hydrogen (secondary N) is 2. The number of hydrogen-bond acceptors (Lipinski definition) is 5. The molecule has 7 heteroatoms. The van der Waals surface area contributed by atoms with E-state index >= 15 is 0 Å². The van der Waals surface area contributed by atoms with Crippen molar-refractivity contribution >= 4 is 6.09 Å². The Balaban J connectivity index is 2.24. The van der Waals surface area contributed by atoms with Crippen LogP contribution in [0.4, 0.5) is 4.79 Å². The fourth-order valence-corrected chi connectivity index (χ4v) is 2.23. The molecule has 132 valence electrons. The second kappa shape index (κ2) is 8.88. The predicted molar refractivity (Wildman–Crippen MR) is 89.3 cm³/mol. The Kier molecular flexibility index (Phi) is 7.51. The molecule has 0 bridgehead atoms. The highest BCUT2D eigenvalue weighted by atomic mass is 16.6. The molecule has 1 rings (SSSR count). The normalized spacial score (nSPS) is 11.6. The molecule has 23 heavy (non-hydrogen) atoms. The maximum Gasteiger partial charge on any atom is 0.407 e.